The summed E-state index contributed by atoms with van der Waals surface area (Å²) in [5, 5.41) is 17.8. The van der Waals surface area contributed by atoms with E-state index in [2.05, 4.69) is 13.5 Å². The van der Waals surface area contributed by atoms with Crippen LogP contribution in [0.2, 0.25) is 0 Å². The predicted octanol–water partition coefficient (Wildman–Crippen LogP) is 5.77. The van der Waals surface area contributed by atoms with Crippen LogP contribution in [0.25, 0.3) is 0 Å². The molecular weight excluding hydrogens is 316 g/mol. The average molecular weight is 355 g/mol. The minimum Gasteiger partial charge on any atom is -0.481 e. The Kier molecular flexibility index (Phi) is 9.45. The van der Waals surface area contributed by atoms with E-state index in [0.717, 1.165) is 44.9 Å². The molecule has 2 aliphatic rings. The van der Waals surface area contributed by atoms with Gasteiger partial charge in [-0.05, 0) is 37.5 Å². The maximum Gasteiger partial charge on any atom is 0.307 e. The lowest BCUT2D eigenvalue weighted by molar-refractivity contribution is -0.146. The summed E-state index contributed by atoms with van der Waals surface area (Å²) in [4.78, 5) is 21.7. The number of rotatable bonds is 6. The molecule has 2 aliphatic carbocycles. The predicted molar refractivity (Wildman–Crippen MR) is 103 cm³/mol. The third kappa shape index (κ3) is 5.32. The van der Waals surface area contributed by atoms with E-state index in [9.17, 15) is 9.59 Å². The molecule has 0 aromatic rings. The molecule has 2 N–H and O–H groups in total. The standard InChI is InChI=1S/C10H18O2.C10H16O2.CH4/c2*1-3-10(6-4-5-7-10)8(2)9(11)12;/h8H,3-7H2,1-2H3,(H,11,12);3,8H,1,4-7H2,2H3,(H,11,12);1H4/t2*8-;/m11./s1. The van der Waals surface area contributed by atoms with Crippen LogP contribution >= 0.6 is 0 Å². The van der Waals surface area contributed by atoms with Crippen LogP contribution in [0.4, 0.5) is 0 Å². The van der Waals surface area contributed by atoms with E-state index in [4.69, 9.17) is 10.2 Å². The first-order valence-electron chi connectivity index (χ1n) is 9.34. The summed E-state index contributed by atoms with van der Waals surface area (Å²) in [7, 11) is 0. The van der Waals surface area contributed by atoms with Gasteiger partial charge in [-0.15, -0.1) is 6.58 Å². The summed E-state index contributed by atoms with van der Waals surface area (Å²) < 4.78 is 0. The summed E-state index contributed by atoms with van der Waals surface area (Å²) in [6.07, 6.45) is 11.8. The molecule has 2 saturated carbocycles. The van der Waals surface area contributed by atoms with Gasteiger partial charge in [-0.1, -0.05) is 60.0 Å². The number of hydrogen-bond donors (Lipinski definition) is 2. The van der Waals surface area contributed by atoms with Gasteiger partial charge in [0.05, 0.1) is 11.8 Å². The van der Waals surface area contributed by atoms with Crippen molar-refractivity contribution in [3.63, 3.8) is 0 Å². The number of carboxylic acids is 2. The van der Waals surface area contributed by atoms with Crippen LogP contribution in [0.1, 0.15) is 86.0 Å². The van der Waals surface area contributed by atoms with Crippen molar-refractivity contribution in [2.45, 2.75) is 86.0 Å². The average Bonchev–Trinajstić information content (AvgIpc) is 3.24. The normalized spacial score (nSPS) is 22.7. The molecule has 0 spiro atoms. The second kappa shape index (κ2) is 9.98. The fraction of sp³-hybridized carbons (Fsp3) is 0.810. The van der Waals surface area contributed by atoms with Gasteiger partial charge in [0.25, 0.3) is 0 Å². The molecule has 0 radical (unpaired) electrons. The summed E-state index contributed by atoms with van der Waals surface area (Å²) in [5.41, 5.74) is -0.00231. The number of carbonyl (C=O) groups is 2. The van der Waals surface area contributed by atoms with Crippen LogP contribution in [0.5, 0.6) is 0 Å². The maximum absolute atomic E-state index is 10.9. The number of carboxylic acid groups (broad SMARTS) is 2. The molecule has 25 heavy (non-hydrogen) atoms. The van der Waals surface area contributed by atoms with E-state index in [1.165, 1.54) is 12.8 Å². The fourth-order valence-electron chi connectivity index (χ4n) is 4.53. The molecule has 2 atom stereocenters. The van der Waals surface area contributed by atoms with Gasteiger partial charge >= 0.3 is 11.9 Å². The van der Waals surface area contributed by atoms with E-state index in [0.29, 0.717) is 0 Å². The third-order valence-corrected chi connectivity index (χ3v) is 6.77. The molecule has 4 heteroatoms. The number of hydrogen-bond acceptors (Lipinski definition) is 2. The van der Waals surface area contributed by atoms with Gasteiger partial charge in [-0.2, -0.15) is 0 Å². The molecule has 0 aromatic carbocycles. The Balaban J connectivity index is 0.000000443. The first kappa shape index (κ1) is 23.7. The van der Waals surface area contributed by atoms with E-state index in [1.807, 2.05) is 13.0 Å². The summed E-state index contributed by atoms with van der Waals surface area (Å²) in [6.45, 7) is 9.52. The fourth-order valence-corrected chi connectivity index (χ4v) is 4.53. The summed E-state index contributed by atoms with van der Waals surface area (Å²) in [6, 6.07) is 0. The molecule has 146 valence electrons. The van der Waals surface area contributed by atoms with Crippen molar-refractivity contribution in [1.29, 1.82) is 0 Å². The minimum absolute atomic E-state index is 0. The van der Waals surface area contributed by atoms with Crippen LogP contribution in [0.3, 0.4) is 0 Å². The molecule has 4 nitrogen and oxygen atoms in total. The van der Waals surface area contributed by atoms with E-state index in [-0.39, 0.29) is 30.1 Å². The monoisotopic (exact) mass is 354 g/mol. The van der Waals surface area contributed by atoms with Gasteiger partial charge < -0.3 is 10.2 Å². The smallest absolute Gasteiger partial charge is 0.307 e. The van der Waals surface area contributed by atoms with Crippen molar-refractivity contribution in [3.8, 4) is 0 Å². The van der Waals surface area contributed by atoms with Gasteiger partial charge in [0.1, 0.15) is 0 Å². The highest BCUT2D eigenvalue weighted by molar-refractivity contribution is 5.71. The van der Waals surface area contributed by atoms with Gasteiger partial charge in [-0.25, -0.2) is 0 Å². The maximum atomic E-state index is 10.9. The molecule has 0 unspecified atom stereocenters. The Morgan fingerprint density at radius 1 is 0.960 bits per heavy atom. The molecule has 2 rings (SSSR count). The van der Waals surface area contributed by atoms with Crippen molar-refractivity contribution in [3.05, 3.63) is 12.7 Å². The molecule has 0 heterocycles. The van der Waals surface area contributed by atoms with Gasteiger partial charge in [-0.3, -0.25) is 9.59 Å². The Labute approximate surface area is 153 Å². The topological polar surface area (TPSA) is 74.6 Å². The van der Waals surface area contributed by atoms with Crippen molar-refractivity contribution >= 4 is 11.9 Å². The second-order valence-corrected chi connectivity index (χ2v) is 7.69. The number of allylic oxidation sites excluding steroid dienone is 1. The molecule has 2 fully saturated rings. The van der Waals surface area contributed by atoms with Crippen LogP contribution in [-0.4, -0.2) is 22.2 Å². The Morgan fingerprint density at radius 2 is 1.36 bits per heavy atom. The van der Waals surface area contributed by atoms with E-state index in [1.54, 1.807) is 6.92 Å². The van der Waals surface area contributed by atoms with Crippen molar-refractivity contribution in [2.75, 3.05) is 0 Å². The van der Waals surface area contributed by atoms with Crippen LogP contribution in [0, 0.1) is 22.7 Å². The summed E-state index contributed by atoms with van der Waals surface area (Å²) in [5.74, 6) is -1.77. The molecule has 0 aliphatic heterocycles. The zero-order valence-corrected chi connectivity index (χ0v) is 15.5. The molecule has 0 saturated heterocycles. The lowest BCUT2D eigenvalue weighted by atomic mass is 9.73. The van der Waals surface area contributed by atoms with Gasteiger partial charge in [0, 0.05) is 5.41 Å². The van der Waals surface area contributed by atoms with Gasteiger partial charge in [0.15, 0.2) is 0 Å². The first-order chi connectivity index (χ1) is 11.2. The van der Waals surface area contributed by atoms with Crippen LogP contribution in [0.15, 0.2) is 12.7 Å². The largest absolute Gasteiger partial charge is 0.481 e. The SMILES string of the molecule is C.C=CC1([C@H](C)C(=O)O)CCCC1.CCC1([C@H](C)C(=O)O)CCCC1. The van der Waals surface area contributed by atoms with Crippen molar-refractivity contribution in [1.82, 2.24) is 0 Å². The van der Waals surface area contributed by atoms with Crippen LogP contribution in [-0.2, 0) is 9.59 Å². The zero-order chi connectivity index (χ0) is 18.4. The minimum atomic E-state index is -0.697. The Morgan fingerprint density at radius 3 is 1.68 bits per heavy atom. The Bertz CT molecular complexity index is 443. The highest BCUT2D eigenvalue weighted by atomic mass is 16.4. The first-order valence-corrected chi connectivity index (χ1v) is 9.34. The van der Waals surface area contributed by atoms with Gasteiger partial charge in [0.2, 0.25) is 0 Å². The quantitative estimate of drug-likeness (QED) is 0.594. The summed E-state index contributed by atoms with van der Waals surface area (Å²) >= 11 is 0. The zero-order valence-electron chi connectivity index (χ0n) is 15.5. The molecule has 0 bridgehead atoms. The third-order valence-electron chi connectivity index (χ3n) is 6.77. The second-order valence-electron chi connectivity index (χ2n) is 7.69. The lowest BCUT2D eigenvalue weighted by Gasteiger charge is -2.31. The lowest BCUT2D eigenvalue weighted by Crippen LogP contribution is -2.30. The molecule has 0 aromatic heterocycles. The Hall–Kier alpha value is -1.32. The molecule has 0 amide bonds. The van der Waals surface area contributed by atoms with E-state index < -0.39 is 11.9 Å². The van der Waals surface area contributed by atoms with Crippen molar-refractivity contribution < 1.29 is 19.8 Å². The number of aliphatic carboxylic acids is 2. The highest BCUT2D eigenvalue weighted by Crippen LogP contribution is 2.47. The van der Waals surface area contributed by atoms with Crippen LogP contribution < -0.4 is 0 Å². The molecular formula is C21H38O4. The van der Waals surface area contributed by atoms with E-state index >= 15 is 0 Å². The highest BCUT2D eigenvalue weighted by Gasteiger charge is 2.41. The van der Waals surface area contributed by atoms with Crippen molar-refractivity contribution in [2.24, 2.45) is 22.7 Å².